The van der Waals surface area contributed by atoms with Gasteiger partial charge < -0.3 is 16.6 Å². The molecule has 0 aromatic heterocycles. The molecule has 0 rings (SSSR count). The number of aliphatic carboxylic acids is 1. The highest BCUT2D eigenvalue weighted by molar-refractivity contribution is 6.15. The van der Waals surface area contributed by atoms with Gasteiger partial charge in [0.1, 0.15) is 0 Å². The zero-order chi connectivity index (χ0) is 11.5. The third-order valence-electron chi connectivity index (χ3n) is 2.21. The third kappa shape index (κ3) is 1.93. The number of allylic oxidation sites excluding steroid dienone is 1. The standard InChI is InChI=1S/C9H16N2O3/c1-4-6(10)7(12)9(11,5(2)3)8(13)14/h4-5H,10-11H2,1-3H3,(H,13,14)/b6-4+/t9-/m1/s1. The quantitative estimate of drug-likeness (QED) is 0.432. The maximum Gasteiger partial charge on any atom is 0.332 e. The molecule has 0 aliphatic heterocycles. The number of hydrogen-bond acceptors (Lipinski definition) is 4. The molecule has 0 radical (unpaired) electrons. The summed E-state index contributed by atoms with van der Waals surface area (Å²) in [5.41, 5.74) is 8.82. The van der Waals surface area contributed by atoms with Gasteiger partial charge in [0.05, 0.1) is 5.70 Å². The first-order chi connectivity index (χ1) is 6.28. The van der Waals surface area contributed by atoms with Crippen molar-refractivity contribution in [1.82, 2.24) is 0 Å². The highest BCUT2D eigenvalue weighted by Gasteiger charge is 2.45. The fourth-order valence-corrected chi connectivity index (χ4v) is 0.976. The Morgan fingerprint density at radius 2 is 1.86 bits per heavy atom. The maximum atomic E-state index is 11.6. The molecule has 0 aliphatic carbocycles. The van der Waals surface area contributed by atoms with Crippen molar-refractivity contribution >= 4 is 11.8 Å². The number of carboxylic acids is 1. The summed E-state index contributed by atoms with van der Waals surface area (Å²) in [6.45, 7) is 4.68. The Labute approximate surface area is 82.8 Å². The van der Waals surface area contributed by atoms with E-state index in [1.807, 2.05) is 0 Å². The smallest absolute Gasteiger partial charge is 0.332 e. The van der Waals surface area contributed by atoms with E-state index in [9.17, 15) is 9.59 Å². The van der Waals surface area contributed by atoms with Crippen molar-refractivity contribution in [2.45, 2.75) is 26.3 Å². The minimum Gasteiger partial charge on any atom is -0.480 e. The lowest BCUT2D eigenvalue weighted by Gasteiger charge is -2.27. The van der Waals surface area contributed by atoms with Crippen LogP contribution < -0.4 is 11.5 Å². The third-order valence-corrected chi connectivity index (χ3v) is 2.21. The number of carbonyl (C=O) groups is 2. The van der Waals surface area contributed by atoms with Crippen molar-refractivity contribution in [2.24, 2.45) is 17.4 Å². The van der Waals surface area contributed by atoms with E-state index >= 15 is 0 Å². The molecule has 0 bridgehead atoms. The molecular weight excluding hydrogens is 184 g/mol. The van der Waals surface area contributed by atoms with E-state index in [0.29, 0.717) is 0 Å². The molecule has 0 fully saturated rings. The predicted octanol–water partition coefficient (Wildman–Crippen LogP) is -0.144. The molecule has 0 saturated carbocycles. The van der Waals surface area contributed by atoms with Gasteiger partial charge in [-0.25, -0.2) is 4.79 Å². The average molecular weight is 200 g/mol. The Morgan fingerprint density at radius 1 is 1.43 bits per heavy atom. The number of carbonyl (C=O) groups excluding carboxylic acids is 1. The van der Waals surface area contributed by atoms with Gasteiger partial charge in [-0.15, -0.1) is 0 Å². The maximum absolute atomic E-state index is 11.6. The van der Waals surface area contributed by atoms with Gasteiger partial charge in [0.25, 0.3) is 0 Å². The number of nitrogens with two attached hydrogens (primary N) is 2. The normalized spacial score (nSPS) is 16.5. The van der Waals surface area contributed by atoms with Crippen LogP contribution in [0.5, 0.6) is 0 Å². The second-order valence-electron chi connectivity index (χ2n) is 3.40. The van der Waals surface area contributed by atoms with E-state index in [2.05, 4.69) is 0 Å². The van der Waals surface area contributed by atoms with Crippen molar-refractivity contribution in [2.75, 3.05) is 0 Å². The molecule has 0 heterocycles. The molecule has 5 nitrogen and oxygen atoms in total. The molecule has 0 aromatic rings. The lowest BCUT2D eigenvalue weighted by molar-refractivity contribution is -0.149. The van der Waals surface area contributed by atoms with Gasteiger partial charge >= 0.3 is 5.97 Å². The molecule has 5 N–H and O–H groups in total. The fraction of sp³-hybridized carbons (Fsp3) is 0.556. The van der Waals surface area contributed by atoms with Gasteiger partial charge in [-0.05, 0) is 12.8 Å². The monoisotopic (exact) mass is 200 g/mol. The topological polar surface area (TPSA) is 106 Å². The molecule has 0 saturated heterocycles. The lowest BCUT2D eigenvalue weighted by atomic mass is 9.82. The minimum atomic E-state index is -1.93. The van der Waals surface area contributed by atoms with E-state index in [0.717, 1.165) is 0 Å². The van der Waals surface area contributed by atoms with Gasteiger partial charge in [0, 0.05) is 0 Å². The molecule has 0 aromatic carbocycles. The van der Waals surface area contributed by atoms with Crippen LogP contribution in [0.3, 0.4) is 0 Å². The second-order valence-corrected chi connectivity index (χ2v) is 3.40. The molecular formula is C9H16N2O3. The molecule has 0 amide bonds. The first-order valence-corrected chi connectivity index (χ1v) is 4.27. The van der Waals surface area contributed by atoms with E-state index in [4.69, 9.17) is 16.6 Å². The molecule has 1 atom stereocenters. The summed E-state index contributed by atoms with van der Waals surface area (Å²) < 4.78 is 0. The van der Waals surface area contributed by atoms with Crippen LogP contribution in [0.1, 0.15) is 20.8 Å². The molecule has 0 aliphatic rings. The van der Waals surface area contributed by atoms with E-state index in [1.165, 1.54) is 6.08 Å². The van der Waals surface area contributed by atoms with Crippen LogP contribution >= 0.6 is 0 Å². The summed E-state index contributed by atoms with van der Waals surface area (Å²) in [6.07, 6.45) is 1.34. The Balaban J connectivity index is 5.24. The van der Waals surface area contributed by atoms with E-state index < -0.39 is 23.2 Å². The predicted molar refractivity (Wildman–Crippen MR) is 52.3 cm³/mol. The van der Waals surface area contributed by atoms with Crippen molar-refractivity contribution in [3.63, 3.8) is 0 Å². The minimum absolute atomic E-state index is 0.122. The van der Waals surface area contributed by atoms with Crippen LogP contribution in [0.15, 0.2) is 11.8 Å². The zero-order valence-electron chi connectivity index (χ0n) is 8.57. The second kappa shape index (κ2) is 4.23. The SMILES string of the molecule is C/C=C(/N)C(=O)[C@@](N)(C(=O)O)C(C)C. The van der Waals surface area contributed by atoms with Crippen LogP contribution in [-0.2, 0) is 9.59 Å². The van der Waals surface area contributed by atoms with Gasteiger partial charge in [-0.1, -0.05) is 19.9 Å². The summed E-state index contributed by atoms with van der Waals surface area (Å²) in [7, 11) is 0. The summed E-state index contributed by atoms with van der Waals surface area (Å²) in [4.78, 5) is 22.5. The van der Waals surface area contributed by atoms with Gasteiger partial charge in [-0.2, -0.15) is 0 Å². The fourth-order valence-electron chi connectivity index (χ4n) is 0.976. The van der Waals surface area contributed by atoms with Crippen LogP contribution in [0, 0.1) is 5.92 Å². The van der Waals surface area contributed by atoms with Crippen LogP contribution in [0.25, 0.3) is 0 Å². The molecule has 80 valence electrons. The summed E-state index contributed by atoms with van der Waals surface area (Å²) in [6, 6.07) is 0. The van der Waals surface area contributed by atoms with Gasteiger partial charge in [-0.3, -0.25) is 4.79 Å². The molecule has 14 heavy (non-hydrogen) atoms. The summed E-state index contributed by atoms with van der Waals surface area (Å²) in [5, 5.41) is 8.89. The lowest BCUT2D eigenvalue weighted by Crippen LogP contribution is -2.60. The first-order valence-electron chi connectivity index (χ1n) is 4.27. The highest BCUT2D eigenvalue weighted by Crippen LogP contribution is 2.18. The highest BCUT2D eigenvalue weighted by atomic mass is 16.4. The van der Waals surface area contributed by atoms with Crippen molar-refractivity contribution in [1.29, 1.82) is 0 Å². The van der Waals surface area contributed by atoms with Crippen LogP contribution in [0.2, 0.25) is 0 Å². The van der Waals surface area contributed by atoms with E-state index in [1.54, 1.807) is 20.8 Å². The number of hydrogen-bond donors (Lipinski definition) is 3. The Bertz CT molecular complexity index is 284. The zero-order valence-corrected chi connectivity index (χ0v) is 8.57. The Hall–Kier alpha value is -1.36. The Morgan fingerprint density at radius 3 is 2.07 bits per heavy atom. The number of Topliss-reactive ketones (excluding diaryl/α,β-unsaturated/α-hetero) is 1. The Kier molecular flexibility index (Phi) is 3.82. The van der Waals surface area contributed by atoms with Crippen molar-refractivity contribution in [3.8, 4) is 0 Å². The summed E-state index contributed by atoms with van der Waals surface area (Å²) in [5.74, 6) is -2.63. The van der Waals surface area contributed by atoms with E-state index in [-0.39, 0.29) is 5.70 Å². The van der Waals surface area contributed by atoms with Gasteiger partial charge in [0.15, 0.2) is 5.54 Å². The number of rotatable bonds is 4. The summed E-state index contributed by atoms with van der Waals surface area (Å²) >= 11 is 0. The average Bonchev–Trinajstić information content (AvgIpc) is 2.13. The van der Waals surface area contributed by atoms with Gasteiger partial charge in [0.2, 0.25) is 5.78 Å². The van der Waals surface area contributed by atoms with Crippen molar-refractivity contribution < 1.29 is 14.7 Å². The molecule has 5 heteroatoms. The van der Waals surface area contributed by atoms with Crippen LogP contribution in [0.4, 0.5) is 0 Å². The van der Waals surface area contributed by atoms with Crippen molar-refractivity contribution in [3.05, 3.63) is 11.8 Å². The first kappa shape index (κ1) is 12.6. The molecule has 0 spiro atoms. The molecule has 0 unspecified atom stereocenters. The number of ketones is 1. The van der Waals surface area contributed by atoms with Crippen LogP contribution in [-0.4, -0.2) is 22.4 Å². The largest absolute Gasteiger partial charge is 0.480 e. The number of carboxylic acid groups (broad SMARTS) is 1.